The van der Waals surface area contributed by atoms with Crippen molar-refractivity contribution in [3.8, 4) is 0 Å². The van der Waals surface area contributed by atoms with Crippen LogP contribution >= 0.6 is 0 Å². The lowest BCUT2D eigenvalue weighted by molar-refractivity contribution is -0.138. The Morgan fingerprint density at radius 2 is 2.00 bits per heavy atom. The van der Waals surface area contributed by atoms with Crippen LogP contribution in [0.1, 0.15) is 49.6 Å². The zero-order chi connectivity index (χ0) is 17.1. The number of ether oxygens (including phenoxy) is 1. The van der Waals surface area contributed by atoms with Gasteiger partial charge in [-0.1, -0.05) is 43.2 Å². The van der Waals surface area contributed by atoms with Crippen molar-refractivity contribution in [1.82, 2.24) is 14.9 Å². The number of nitrogens with one attached hydrogen (secondary N) is 1. The van der Waals surface area contributed by atoms with Crippen LogP contribution in [0.2, 0.25) is 0 Å². The number of benzene rings is 1. The summed E-state index contributed by atoms with van der Waals surface area (Å²) >= 11 is 0. The molecule has 2 unspecified atom stereocenters. The first-order valence-electron chi connectivity index (χ1n) is 9.30. The molecule has 0 radical (unpaired) electrons. The number of hydrogen-bond donors (Lipinski definition) is 1. The van der Waals surface area contributed by atoms with Gasteiger partial charge >= 0.3 is 0 Å². The Morgan fingerprint density at radius 3 is 2.80 bits per heavy atom. The molecule has 0 bridgehead atoms. The first-order valence-corrected chi connectivity index (χ1v) is 9.30. The Hall–Kier alpha value is -2.14. The smallest absolute Gasteiger partial charge is 0.254 e. The Balaban J connectivity index is 1.45. The molecule has 4 rings (SSSR count). The zero-order valence-electron chi connectivity index (χ0n) is 14.4. The van der Waals surface area contributed by atoms with E-state index in [9.17, 15) is 4.79 Å². The van der Waals surface area contributed by atoms with Crippen molar-refractivity contribution in [2.24, 2.45) is 0 Å². The van der Waals surface area contributed by atoms with E-state index >= 15 is 0 Å². The third-order valence-electron chi connectivity index (χ3n) is 5.25. The Morgan fingerprint density at radius 1 is 1.20 bits per heavy atom. The van der Waals surface area contributed by atoms with Crippen LogP contribution in [-0.4, -0.2) is 27.6 Å². The molecule has 2 heterocycles. The highest BCUT2D eigenvalue weighted by Gasteiger charge is 2.29. The van der Waals surface area contributed by atoms with Crippen LogP contribution in [0.3, 0.4) is 0 Å². The van der Waals surface area contributed by atoms with Gasteiger partial charge < -0.3 is 14.6 Å². The predicted molar refractivity (Wildman–Crippen MR) is 95.0 cm³/mol. The molecule has 1 fully saturated rings. The van der Waals surface area contributed by atoms with Crippen LogP contribution in [-0.2, 0) is 22.5 Å². The summed E-state index contributed by atoms with van der Waals surface area (Å²) < 4.78 is 8.35. The van der Waals surface area contributed by atoms with Crippen molar-refractivity contribution in [3.05, 3.63) is 54.1 Å². The van der Waals surface area contributed by atoms with Crippen molar-refractivity contribution >= 4 is 5.91 Å². The monoisotopic (exact) mass is 339 g/mol. The summed E-state index contributed by atoms with van der Waals surface area (Å²) in [5.41, 5.74) is 0.936. The van der Waals surface area contributed by atoms with Gasteiger partial charge in [-0.05, 0) is 24.8 Å². The Labute approximate surface area is 148 Å². The Bertz CT molecular complexity index is 707. The van der Waals surface area contributed by atoms with Gasteiger partial charge in [-0.3, -0.25) is 4.79 Å². The third kappa shape index (κ3) is 3.76. The number of aromatic nitrogens is 2. The maximum Gasteiger partial charge on any atom is 0.254 e. The van der Waals surface area contributed by atoms with Crippen molar-refractivity contribution < 1.29 is 9.53 Å². The average molecular weight is 339 g/mol. The van der Waals surface area contributed by atoms with Gasteiger partial charge in [0.1, 0.15) is 5.82 Å². The number of rotatable bonds is 5. The molecule has 2 atom stereocenters. The molecule has 1 aromatic heterocycles. The lowest BCUT2D eigenvalue weighted by atomic mass is 10.0. The zero-order valence-corrected chi connectivity index (χ0v) is 14.4. The number of hydrogen-bond acceptors (Lipinski definition) is 3. The highest BCUT2D eigenvalue weighted by Crippen LogP contribution is 2.28. The summed E-state index contributed by atoms with van der Waals surface area (Å²) in [5.74, 6) is 1.08. The van der Waals surface area contributed by atoms with Gasteiger partial charge in [0.05, 0.1) is 6.10 Å². The van der Waals surface area contributed by atoms with E-state index in [1.165, 1.54) is 12.8 Å². The van der Waals surface area contributed by atoms with Gasteiger partial charge in [0, 0.05) is 31.4 Å². The van der Waals surface area contributed by atoms with E-state index < -0.39 is 6.10 Å². The van der Waals surface area contributed by atoms with Crippen molar-refractivity contribution in [2.75, 3.05) is 0 Å². The summed E-state index contributed by atoms with van der Waals surface area (Å²) in [4.78, 5) is 17.3. The minimum atomic E-state index is -0.520. The van der Waals surface area contributed by atoms with Gasteiger partial charge in [-0.25, -0.2) is 4.98 Å². The SMILES string of the molecule is O=C(NC1CCc2nccn2C1)C(OC1CCCC1)c1ccccc1. The minimum absolute atomic E-state index is 0.0216. The van der Waals surface area contributed by atoms with Gasteiger partial charge in [-0.2, -0.15) is 0 Å². The molecule has 2 aromatic rings. The molecule has 1 amide bonds. The molecule has 5 nitrogen and oxygen atoms in total. The van der Waals surface area contributed by atoms with Gasteiger partial charge in [0.2, 0.25) is 0 Å². The summed E-state index contributed by atoms with van der Waals surface area (Å²) in [6.07, 6.45) is 9.81. The first kappa shape index (κ1) is 16.3. The molecule has 1 aromatic carbocycles. The lowest BCUT2D eigenvalue weighted by Gasteiger charge is -2.28. The molecule has 1 saturated carbocycles. The van der Waals surface area contributed by atoms with E-state index in [2.05, 4.69) is 14.9 Å². The summed E-state index contributed by atoms with van der Waals surface area (Å²) in [6, 6.07) is 9.99. The fraction of sp³-hybridized carbons (Fsp3) is 0.500. The maximum absolute atomic E-state index is 13.0. The number of imidazole rings is 1. The normalized spacial score (nSPS) is 21.7. The summed E-state index contributed by atoms with van der Waals surface area (Å²) in [6.45, 7) is 0.784. The molecule has 1 aliphatic carbocycles. The molecular weight excluding hydrogens is 314 g/mol. The van der Waals surface area contributed by atoms with Crippen LogP contribution < -0.4 is 5.32 Å². The van der Waals surface area contributed by atoms with Gasteiger partial charge in [0.25, 0.3) is 5.91 Å². The fourth-order valence-electron chi connectivity index (χ4n) is 3.90. The maximum atomic E-state index is 13.0. The topological polar surface area (TPSA) is 56.2 Å². The highest BCUT2D eigenvalue weighted by molar-refractivity contribution is 5.82. The number of carbonyl (C=O) groups is 1. The van der Waals surface area contributed by atoms with Gasteiger partial charge in [-0.15, -0.1) is 0 Å². The Kier molecular flexibility index (Phi) is 4.83. The molecule has 132 valence electrons. The van der Waals surface area contributed by atoms with Crippen molar-refractivity contribution in [3.63, 3.8) is 0 Å². The van der Waals surface area contributed by atoms with E-state index in [0.29, 0.717) is 0 Å². The van der Waals surface area contributed by atoms with Crippen LogP contribution in [0.4, 0.5) is 0 Å². The molecule has 2 aliphatic rings. The summed E-state index contributed by atoms with van der Waals surface area (Å²) in [5, 5.41) is 3.21. The van der Waals surface area contributed by atoms with Crippen LogP contribution in [0.25, 0.3) is 0 Å². The quantitative estimate of drug-likeness (QED) is 0.911. The van der Waals surface area contributed by atoms with E-state index in [4.69, 9.17) is 4.74 Å². The van der Waals surface area contributed by atoms with E-state index in [1.54, 1.807) is 0 Å². The van der Waals surface area contributed by atoms with E-state index in [1.807, 2.05) is 42.7 Å². The fourth-order valence-corrected chi connectivity index (χ4v) is 3.90. The molecular formula is C20H25N3O2. The second kappa shape index (κ2) is 7.40. The second-order valence-corrected chi connectivity index (χ2v) is 7.07. The number of nitrogens with zero attached hydrogens (tertiary/aromatic N) is 2. The standard InChI is InChI=1S/C20H25N3O2/c24-20(22-16-10-11-18-21-12-13-23(18)14-16)19(15-6-2-1-3-7-15)25-17-8-4-5-9-17/h1-3,6-7,12-13,16-17,19H,4-5,8-11,14H2,(H,22,24). The number of carbonyl (C=O) groups excluding carboxylic acids is 1. The molecule has 25 heavy (non-hydrogen) atoms. The van der Waals surface area contributed by atoms with Crippen LogP contribution in [0.5, 0.6) is 0 Å². The molecule has 0 spiro atoms. The third-order valence-corrected chi connectivity index (χ3v) is 5.25. The average Bonchev–Trinajstić information content (AvgIpc) is 3.31. The predicted octanol–water partition coefficient (Wildman–Crippen LogP) is 3.01. The molecule has 5 heteroatoms. The molecule has 1 aliphatic heterocycles. The van der Waals surface area contributed by atoms with Crippen molar-refractivity contribution in [1.29, 1.82) is 0 Å². The van der Waals surface area contributed by atoms with E-state index in [-0.39, 0.29) is 18.1 Å². The minimum Gasteiger partial charge on any atom is -0.360 e. The number of amides is 1. The highest BCUT2D eigenvalue weighted by atomic mass is 16.5. The van der Waals surface area contributed by atoms with Crippen LogP contribution in [0.15, 0.2) is 42.7 Å². The first-order chi connectivity index (χ1) is 12.3. The number of aryl methyl sites for hydroxylation is 1. The number of fused-ring (bicyclic) bond motifs is 1. The lowest BCUT2D eigenvalue weighted by Crippen LogP contribution is -2.44. The summed E-state index contributed by atoms with van der Waals surface area (Å²) in [7, 11) is 0. The van der Waals surface area contributed by atoms with Crippen LogP contribution in [0, 0.1) is 0 Å². The largest absolute Gasteiger partial charge is 0.360 e. The van der Waals surface area contributed by atoms with Gasteiger partial charge in [0.15, 0.2) is 6.10 Å². The van der Waals surface area contributed by atoms with Crippen molar-refractivity contribution in [2.45, 2.75) is 63.3 Å². The van der Waals surface area contributed by atoms with E-state index in [0.717, 1.165) is 43.6 Å². The molecule has 1 N–H and O–H groups in total. The molecule has 0 saturated heterocycles. The second-order valence-electron chi connectivity index (χ2n) is 7.07.